The van der Waals surface area contributed by atoms with E-state index in [2.05, 4.69) is 9.97 Å². The van der Waals surface area contributed by atoms with E-state index >= 15 is 0 Å². The number of hydrogen-bond acceptors (Lipinski definition) is 4. The lowest BCUT2D eigenvalue weighted by Crippen LogP contribution is -2.05. The molecule has 0 radical (unpaired) electrons. The average molecular weight is 371 g/mol. The minimum atomic E-state index is -4.47. The topological polar surface area (TPSA) is 38.9 Å². The van der Waals surface area contributed by atoms with Crippen molar-refractivity contribution in [3.05, 3.63) is 65.3 Å². The van der Waals surface area contributed by atoms with Crippen molar-refractivity contribution in [2.24, 2.45) is 0 Å². The van der Waals surface area contributed by atoms with Gasteiger partial charge in [-0.15, -0.1) is 0 Å². The Kier molecular flexibility index (Phi) is 4.82. The van der Waals surface area contributed by atoms with Crippen molar-refractivity contribution < 1.29 is 17.6 Å². The van der Waals surface area contributed by atoms with Gasteiger partial charge in [-0.3, -0.25) is 0 Å². The van der Waals surface area contributed by atoms with Crippen LogP contribution in [0, 0.1) is 0 Å². The second kappa shape index (κ2) is 6.86. The van der Waals surface area contributed by atoms with Crippen molar-refractivity contribution in [2.75, 3.05) is 0 Å². The summed E-state index contributed by atoms with van der Waals surface area (Å²) in [5, 5.41) is 0.244. The summed E-state index contributed by atoms with van der Waals surface area (Å²) >= 11 is 7.03. The van der Waals surface area contributed by atoms with Gasteiger partial charge in [0.15, 0.2) is 5.76 Å². The molecule has 0 unspecified atom stereocenters. The number of oxazole rings is 1. The zero-order valence-corrected chi connectivity index (χ0v) is 13.6. The molecule has 0 amide bonds. The van der Waals surface area contributed by atoms with Gasteiger partial charge in [0.2, 0.25) is 5.89 Å². The second-order valence-electron chi connectivity index (χ2n) is 4.78. The van der Waals surface area contributed by atoms with Crippen LogP contribution in [0.4, 0.5) is 13.2 Å². The van der Waals surface area contributed by atoms with Crippen LogP contribution in [0.1, 0.15) is 11.5 Å². The van der Waals surface area contributed by atoms with E-state index in [1.807, 2.05) is 30.3 Å². The number of pyridine rings is 1. The number of halogens is 4. The number of nitrogens with zero attached hydrogens (tertiary/aromatic N) is 2. The summed E-state index contributed by atoms with van der Waals surface area (Å²) in [6.07, 6.45) is -2.10. The number of rotatable bonds is 4. The number of alkyl halides is 3. The zero-order chi connectivity index (χ0) is 17.2. The SMILES string of the molecule is FC(F)(F)c1cnc(SCc2ncc(-c3ccccc3)o2)c(Cl)c1. The molecule has 0 saturated heterocycles. The molecule has 0 aliphatic rings. The molecule has 0 aliphatic heterocycles. The molecule has 24 heavy (non-hydrogen) atoms. The first kappa shape index (κ1) is 16.9. The average Bonchev–Trinajstić information content (AvgIpc) is 3.02. The summed E-state index contributed by atoms with van der Waals surface area (Å²) in [7, 11) is 0. The van der Waals surface area contributed by atoms with Gasteiger partial charge >= 0.3 is 6.18 Å². The first-order chi connectivity index (χ1) is 11.4. The maximum Gasteiger partial charge on any atom is 0.417 e. The molecule has 0 fully saturated rings. The highest BCUT2D eigenvalue weighted by atomic mass is 35.5. The van der Waals surface area contributed by atoms with E-state index in [9.17, 15) is 13.2 Å². The fourth-order valence-electron chi connectivity index (χ4n) is 1.93. The molecule has 0 spiro atoms. The quantitative estimate of drug-likeness (QED) is 0.552. The minimum absolute atomic E-state index is 0.0512. The Hall–Kier alpha value is -1.99. The van der Waals surface area contributed by atoms with Crippen molar-refractivity contribution in [1.82, 2.24) is 9.97 Å². The van der Waals surface area contributed by atoms with E-state index < -0.39 is 11.7 Å². The Labute approximate surface area is 144 Å². The van der Waals surface area contributed by atoms with Gasteiger partial charge in [0, 0.05) is 11.8 Å². The van der Waals surface area contributed by atoms with Gasteiger partial charge in [-0.2, -0.15) is 13.2 Å². The van der Waals surface area contributed by atoms with Crippen LogP contribution in [0.15, 0.2) is 58.2 Å². The van der Waals surface area contributed by atoms with E-state index in [4.69, 9.17) is 16.0 Å². The molecule has 0 saturated carbocycles. The first-order valence-electron chi connectivity index (χ1n) is 6.79. The molecule has 1 aromatic carbocycles. The van der Waals surface area contributed by atoms with Gasteiger partial charge in [-0.05, 0) is 6.07 Å². The molecular weight excluding hydrogens is 361 g/mol. The van der Waals surface area contributed by atoms with Crippen molar-refractivity contribution in [3.8, 4) is 11.3 Å². The molecule has 2 heterocycles. The Bertz CT molecular complexity index is 837. The largest absolute Gasteiger partial charge is 0.440 e. The lowest BCUT2D eigenvalue weighted by molar-refractivity contribution is -0.137. The Balaban J connectivity index is 1.69. The smallest absolute Gasteiger partial charge is 0.417 e. The summed E-state index contributed by atoms with van der Waals surface area (Å²) in [5.41, 5.74) is 0.0197. The van der Waals surface area contributed by atoms with E-state index in [-0.39, 0.29) is 5.02 Å². The number of aromatic nitrogens is 2. The summed E-state index contributed by atoms with van der Waals surface area (Å²) in [5.74, 6) is 1.37. The second-order valence-corrected chi connectivity index (χ2v) is 6.15. The monoisotopic (exact) mass is 370 g/mol. The van der Waals surface area contributed by atoms with Gasteiger partial charge in [0.25, 0.3) is 0 Å². The lowest BCUT2D eigenvalue weighted by atomic mass is 10.2. The third-order valence-electron chi connectivity index (χ3n) is 3.08. The Morgan fingerprint density at radius 2 is 1.83 bits per heavy atom. The summed E-state index contributed by atoms with van der Waals surface area (Å²) in [4.78, 5) is 7.92. The van der Waals surface area contributed by atoms with Crippen LogP contribution in [0.25, 0.3) is 11.3 Å². The van der Waals surface area contributed by atoms with Crippen LogP contribution in [-0.2, 0) is 11.9 Å². The Morgan fingerprint density at radius 3 is 2.50 bits per heavy atom. The van der Waals surface area contributed by atoms with Gasteiger partial charge in [0.05, 0.1) is 22.5 Å². The number of thioether (sulfide) groups is 1. The standard InChI is InChI=1S/C16H10ClF3N2OS/c17-12-6-11(16(18,19)20)7-22-15(12)24-9-14-21-8-13(23-14)10-4-2-1-3-5-10/h1-8H,9H2. The van der Waals surface area contributed by atoms with Crippen LogP contribution < -0.4 is 0 Å². The summed E-state index contributed by atoms with van der Waals surface area (Å²) in [6.45, 7) is 0. The molecule has 8 heteroatoms. The summed E-state index contributed by atoms with van der Waals surface area (Å²) in [6, 6.07) is 10.3. The van der Waals surface area contributed by atoms with Crippen molar-refractivity contribution >= 4 is 23.4 Å². The Morgan fingerprint density at radius 1 is 1.08 bits per heavy atom. The molecule has 124 valence electrons. The zero-order valence-electron chi connectivity index (χ0n) is 12.0. The molecule has 3 aromatic rings. The van der Waals surface area contributed by atoms with Crippen molar-refractivity contribution in [3.63, 3.8) is 0 Å². The van der Waals surface area contributed by atoms with Crippen molar-refractivity contribution in [2.45, 2.75) is 17.0 Å². The molecular formula is C16H10ClF3N2OS. The third kappa shape index (κ3) is 3.91. The number of hydrogen-bond donors (Lipinski definition) is 0. The molecule has 3 rings (SSSR count). The highest BCUT2D eigenvalue weighted by Gasteiger charge is 2.31. The lowest BCUT2D eigenvalue weighted by Gasteiger charge is -2.08. The molecule has 3 nitrogen and oxygen atoms in total. The highest BCUT2D eigenvalue weighted by molar-refractivity contribution is 7.98. The van der Waals surface area contributed by atoms with Crippen LogP contribution in [0.5, 0.6) is 0 Å². The maximum absolute atomic E-state index is 12.6. The van der Waals surface area contributed by atoms with E-state index in [0.29, 0.717) is 22.4 Å². The van der Waals surface area contributed by atoms with Crippen LogP contribution in [0.2, 0.25) is 5.02 Å². The molecule has 0 N–H and O–H groups in total. The predicted octanol–water partition coefficient (Wildman–Crippen LogP) is 5.70. The minimum Gasteiger partial charge on any atom is -0.440 e. The van der Waals surface area contributed by atoms with E-state index in [1.54, 1.807) is 6.20 Å². The van der Waals surface area contributed by atoms with Gasteiger partial charge < -0.3 is 4.42 Å². The van der Waals surface area contributed by atoms with Crippen LogP contribution >= 0.6 is 23.4 Å². The molecule has 2 aromatic heterocycles. The fourth-order valence-corrected chi connectivity index (χ4v) is 2.98. The number of benzene rings is 1. The molecule has 0 aliphatic carbocycles. The van der Waals surface area contributed by atoms with Gasteiger partial charge in [0.1, 0.15) is 5.03 Å². The maximum atomic E-state index is 12.6. The van der Waals surface area contributed by atoms with E-state index in [1.165, 1.54) is 0 Å². The third-order valence-corrected chi connectivity index (χ3v) is 4.47. The fraction of sp³-hybridized carbons (Fsp3) is 0.125. The van der Waals surface area contributed by atoms with Crippen molar-refractivity contribution in [1.29, 1.82) is 0 Å². The van der Waals surface area contributed by atoms with E-state index in [0.717, 1.165) is 29.6 Å². The van der Waals surface area contributed by atoms with Gasteiger partial charge in [-0.1, -0.05) is 53.7 Å². The predicted molar refractivity (Wildman–Crippen MR) is 85.7 cm³/mol. The normalized spacial score (nSPS) is 11.7. The van der Waals surface area contributed by atoms with Crippen LogP contribution in [0.3, 0.4) is 0 Å². The first-order valence-corrected chi connectivity index (χ1v) is 8.15. The molecule has 0 atom stereocenters. The van der Waals surface area contributed by atoms with Crippen LogP contribution in [-0.4, -0.2) is 9.97 Å². The highest BCUT2D eigenvalue weighted by Crippen LogP contribution is 2.34. The summed E-state index contributed by atoms with van der Waals surface area (Å²) < 4.78 is 43.4. The molecule has 0 bridgehead atoms. The van der Waals surface area contributed by atoms with Gasteiger partial charge in [-0.25, -0.2) is 9.97 Å².